The van der Waals surface area contributed by atoms with Gasteiger partial charge in [0.05, 0.1) is 11.3 Å². The van der Waals surface area contributed by atoms with Crippen LogP contribution < -0.4 is 5.73 Å². The highest BCUT2D eigenvalue weighted by Crippen LogP contribution is 2.21. The Morgan fingerprint density at radius 3 is 2.80 bits per heavy atom. The zero-order valence-electron chi connectivity index (χ0n) is 10.7. The largest absolute Gasteiger partial charge is 0.366 e. The SMILES string of the molecule is C=Nc1ccc(Cc2cc(C=O)ccn2)cc1C(N)=O. The lowest BCUT2D eigenvalue weighted by atomic mass is 10.0. The minimum Gasteiger partial charge on any atom is -0.366 e. The van der Waals surface area contributed by atoms with Crippen LogP contribution in [0.1, 0.15) is 32.0 Å². The molecule has 0 aliphatic carbocycles. The van der Waals surface area contributed by atoms with E-state index in [4.69, 9.17) is 5.73 Å². The molecule has 1 amide bonds. The van der Waals surface area contributed by atoms with Gasteiger partial charge in [0.15, 0.2) is 0 Å². The first-order valence-electron chi connectivity index (χ1n) is 5.93. The van der Waals surface area contributed by atoms with Gasteiger partial charge >= 0.3 is 0 Å². The molecule has 0 aliphatic heterocycles. The van der Waals surface area contributed by atoms with Crippen molar-refractivity contribution in [3.63, 3.8) is 0 Å². The van der Waals surface area contributed by atoms with Crippen LogP contribution in [0, 0.1) is 0 Å². The molecule has 5 nitrogen and oxygen atoms in total. The van der Waals surface area contributed by atoms with Crippen molar-refractivity contribution in [1.82, 2.24) is 4.98 Å². The Labute approximate surface area is 116 Å². The standard InChI is InChI=1S/C15H13N3O2/c1-17-14-3-2-10(8-13(14)15(16)20)6-12-7-11(9-19)4-5-18-12/h2-5,7-9H,1,6H2,(H2,16,20). The molecule has 2 aromatic rings. The molecule has 2 N–H and O–H groups in total. The zero-order chi connectivity index (χ0) is 14.5. The molecule has 0 spiro atoms. The van der Waals surface area contributed by atoms with Gasteiger partial charge in [-0.25, -0.2) is 0 Å². The summed E-state index contributed by atoms with van der Waals surface area (Å²) in [7, 11) is 0. The molecule has 0 bridgehead atoms. The van der Waals surface area contributed by atoms with Crippen molar-refractivity contribution in [2.45, 2.75) is 6.42 Å². The number of carbonyl (C=O) groups excluding carboxylic acids is 2. The fraction of sp³-hybridized carbons (Fsp3) is 0.0667. The summed E-state index contributed by atoms with van der Waals surface area (Å²) >= 11 is 0. The summed E-state index contributed by atoms with van der Waals surface area (Å²) in [5.41, 5.74) is 8.25. The smallest absolute Gasteiger partial charge is 0.250 e. The normalized spacial score (nSPS) is 10.0. The van der Waals surface area contributed by atoms with Gasteiger partial charge in [-0.15, -0.1) is 0 Å². The summed E-state index contributed by atoms with van der Waals surface area (Å²) in [6.45, 7) is 3.40. The fourth-order valence-electron chi connectivity index (χ4n) is 1.90. The molecular formula is C15H13N3O2. The Kier molecular flexibility index (Phi) is 4.00. The summed E-state index contributed by atoms with van der Waals surface area (Å²) in [6, 6.07) is 8.52. The molecule has 0 aliphatic rings. The predicted octanol–water partition coefficient (Wildman–Crippen LogP) is 1.92. The van der Waals surface area contributed by atoms with Gasteiger partial charge in [0.25, 0.3) is 5.91 Å². The van der Waals surface area contributed by atoms with Gasteiger partial charge in [0.1, 0.15) is 6.29 Å². The summed E-state index contributed by atoms with van der Waals surface area (Å²) in [5.74, 6) is -0.552. The van der Waals surface area contributed by atoms with E-state index in [1.54, 1.807) is 30.5 Å². The molecule has 0 unspecified atom stereocenters. The van der Waals surface area contributed by atoms with Crippen LogP contribution in [0.4, 0.5) is 5.69 Å². The highest BCUT2D eigenvalue weighted by atomic mass is 16.1. The number of hydrogen-bond acceptors (Lipinski definition) is 4. The second-order valence-corrected chi connectivity index (χ2v) is 4.25. The third kappa shape index (κ3) is 2.95. The Morgan fingerprint density at radius 2 is 2.15 bits per heavy atom. The average molecular weight is 267 g/mol. The van der Waals surface area contributed by atoms with E-state index >= 15 is 0 Å². The minimum absolute atomic E-state index is 0.323. The van der Waals surface area contributed by atoms with Crippen molar-refractivity contribution >= 4 is 24.6 Å². The molecule has 1 heterocycles. The highest BCUT2D eigenvalue weighted by molar-refractivity contribution is 5.98. The summed E-state index contributed by atoms with van der Waals surface area (Å²) < 4.78 is 0. The van der Waals surface area contributed by atoms with E-state index in [-0.39, 0.29) is 0 Å². The molecule has 0 saturated carbocycles. The van der Waals surface area contributed by atoms with Gasteiger partial charge in [-0.2, -0.15) is 0 Å². The molecule has 0 fully saturated rings. The minimum atomic E-state index is -0.552. The van der Waals surface area contributed by atoms with Crippen LogP contribution in [-0.2, 0) is 6.42 Å². The highest BCUT2D eigenvalue weighted by Gasteiger charge is 2.09. The molecule has 5 heteroatoms. The number of aromatic nitrogens is 1. The van der Waals surface area contributed by atoms with Crippen molar-refractivity contribution in [3.05, 3.63) is 58.9 Å². The van der Waals surface area contributed by atoms with Crippen LogP contribution in [0.25, 0.3) is 0 Å². The molecule has 100 valence electrons. The van der Waals surface area contributed by atoms with Crippen molar-refractivity contribution in [1.29, 1.82) is 0 Å². The fourth-order valence-corrected chi connectivity index (χ4v) is 1.90. The number of rotatable bonds is 5. The molecule has 0 saturated heterocycles. The van der Waals surface area contributed by atoms with Gasteiger partial charge < -0.3 is 5.73 Å². The number of aliphatic imine (C=N–C) groups is 1. The molecule has 1 aromatic carbocycles. The molecule has 0 radical (unpaired) electrons. The third-order valence-corrected chi connectivity index (χ3v) is 2.86. The summed E-state index contributed by atoms with van der Waals surface area (Å²) in [5, 5.41) is 0. The topological polar surface area (TPSA) is 85.4 Å². The van der Waals surface area contributed by atoms with Crippen molar-refractivity contribution in [2.24, 2.45) is 10.7 Å². The van der Waals surface area contributed by atoms with E-state index in [9.17, 15) is 9.59 Å². The number of nitrogens with two attached hydrogens (primary N) is 1. The number of aldehydes is 1. The van der Waals surface area contributed by atoms with E-state index in [2.05, 4.69) is 16.7 Å². The number of hydrogen-bond donors (Lipinski definition) is 1. The van der Waals surface area contributed by atoms with E-state index < -0.39 is 5.91 Å². The predicted molar refractivity (Wildman–Crippen MR) is 76.6 cm³/mol. The summed E-state index contributed by atoms with van der Waals surface area (Å²) in [6.07, 6.45) is 2.85. The lowest BCUT2D eigenvalue weighted by Gasteiger charge is -2.06. The number of nitrogens with zero attached hydrogens (tertiary/aromatic N) is 2. The number of primary amides is 1. The van der Waals surface area contributed by atoms with Crippen molar-refractivity contribution < 1.29 is 9.59 Å². The number of pyridine rings is 1. The van der Waals surface area contributed by atoms with Gasteiger partial charge in [-0.05, 0) is 36.5 Å². The van der Waals surface area contributed by atoms with E-state index in [1.807, 2.05) is 6.07 Å². The lowest BCUT2D eigenvalue weighted by molar-refractivity contribution is 0.100. The van der Waals surface area contributed by atoms with E-state index in [0.29, 0.717) is 23.2 Å². The number of benzene rings is 1. The first-order chi connectivity index (χ1) is 9.63. The second kappa shape index (κ2) is 5.88. The Hall–Kier alpha value is -2.82. The van der Waals surface area contributed by atoms with Crippen LogP contribution in [0.15, 0.2) is 41.5 Å². The summed E-state index contributed by atoms with van der Waals surface area (Å²) in [4.78, 5) is 30.0. The van der Waals surface area contributed by atoms with Gasteiger partial charge in [-0.1, -0.05) is 6.07 Å². The quantitative estimate of drug-likeness (QED) is 0.663. The van der Waals surface area contributed by atoms with Gasteiger partial charge in [0.2, 0.25) is 0 Å². The average Bonchev–Trinajstić information content (AvgIpc) is 2.47. The maximum atomic E-state index is 11.4. The maximum absolute atomic E-state index is 11.4. The molecular weight excluding hydrogens is 254 g/mol. The van der Waals surface area contributed by atoms with Gasteiger partial charge in [-0.3, -0.25) is 19.6 Å². The second-order valence-electron chi connectivity index (χ2n) is 4.25. The molecule has 0 atom stereocenters. The monoisotopic (exact) mass is 267 g/mol. The maximum Gasteiger partial charge on any atom is 0.250 e. The van der Waals surface area contributed by atoms with Crippen molar-refractivity contribution in [2.75, 3.05) is 0 Å². The van der Waals surface area contributed by atoms with Crippen LogP contribution in [0.2, 0.25) is 0 Å². The van der Waals surface area contributed by atoms with Crippen LogP contribution >= 0.6 is 0 Å². The third-order valence-electron chi connectivity index (χ3n) is 2.86. The molecule has 2 rings (SSSR count). The Balaban J connectivity index is 2.33. The van der Waals surface area contributed by atoms with Crippen LogP contribution in [-0.4, -0.2) is 23.9 Å². The zero-order valence-corrected chi connectivity index (χ0v) is 10.7. The van der Waals surface area contributed by atoms with Crippen molar-refractivity contribution in [3.8, 4) is 0 Å². The van der Waals surface area contributed by atoms with Crippen LogP contribution in [0.3, 0.4) is 0 Å². The Bertz CT molecular complexity index is 681. The van der Waals surface area contributed by atoms with Gasteiger partial charge in [0, 0.05) is 23.9 Å². The first-order valence-corrected chi connectivity index (χ1v) is 5.93. The number of carbonyl (C=O) groups is 2. The molecule has 20 heavy (non-hydrogen) atoms. The molecule has 1 aromatic heterocycles. The van der Waals surface area contributed by atoms with E-state index in [0.717, 1.165) is 17.5 Å². The Morgan fingerprint density at radius 1 is 1.35 bits per heavy atom. The number of amides is 1. The lowest BCUT2D eigenvalue weighted by Crippen LogP contribution is -2.11. The first kappa shape index (κ1) is 13.6. The van der Waals surface area contributed by atoms with Crippen LogP contribution in [0.5, 0.6) is 0 Å². The van der Waals surface area contributed by atoms with E-state index in [1.165, 1.54) is 0 Å².